The van der Waals surface area contributed by atoms with Crippen molar-refractivity contribution in [3.63, 3.8) is 0 Å². The van der Waals surface area contributed by atoms with Crippen molar-refractivity contribution < 1.29 is 22.3 Å². The first-order valence-electron chi connectivity index (χ1n) is 12.0. The normalized spacial score (nSPS) is 16.0. The highest BCUT2D eigenvalue weighted by Crippen LogP contribution is 2.23. The molecule has 1 saturated heterocycles. The third kappa shape index (κ3) is 5.79. The van der Waals surface area contributed by atoms with E-state index in [4.69, 9.17) is 14.7 Å². The van der Waals surface area contributed by atoms with E-state index < -0.39 is 21.6 Å². The minimum atomic E-state index is -3.67. The molecule has 0 aliphatic carbocycles. The van der Waals surface area contributed by atoms with Crippen LogP contribution in [0.15, 0.2) is 65.7 Å². The number of carbonyl (C=O) groups excluding carboxylic acids is 1. The topological polar surface area (TPSA) is 114 Å². The van der Waals surface area contributed by atoms with Gasteiger partial charge in [-0.05, 0) is 55.5 Å². The van der Waals surface area contributed by atoms with Crippen molar-refractivity contribution in [3.8, 4) is 11.4 Å². The molecular formula is C27H26FN5O4S. The Kier molecular flexibility index (Phi) is 7.04. The van der Waals surface area contributed by atoms with Crippen molar-refractivity contribution >= 4 is 32.5 Å². The standard InChI is InChI=1S/C27H26FN5O4S/c1-17-16-33(8-9-37-17)26-5-3-4-23(32-26)24-7-6-18-14-29-21(13-25(18)31-24)15-30-27(34)19-10-20(28)12-22(11-19)38(2,35)36/h3-7,10-14,17H,8-9,15-16H2,1-2H3,(H,30,34)/t17-/m1/s1. The zero-order valence-electron chi connectivity index (χ0n) is 20.9. The lowest BCUT2D eigenvalue weighted by Gasteiger charge is -2.32. The van der Waals surface area contributed by atoms with Crippen LogP contribution >= 0.6 is 0 Å². The molecule has 11 heteroatoms. The molecule has 3 aromatic heterocycles. The number of benzene rings is 1. The number of pyridine rings is 3. The Labute approximate surface area is 219 Å². The van der Waals surface area contributed by atoms with Gasteiger partial charge >= 0.3 is 0 Å². The van der Waals surface area contributed by atoms with Crippen LogP contribution in [-0.2, 0) is 21.1 Å². The maximum Gasteiger partial charge on any atom is 0.251 e. The number of amides is 1. The maximum atomic E-state index is 13.9. The van der Waals surface area contributed by atoms with Crippen LogP contribution in [0.3, 0.4) is 0 Å². The lowest BCUT2D eigenvalue weighted by molar-refractivity contribution is 0.0529. The highest BCUT2D eigenvalue weighted by Gasteiger charge is 2.19. The van der Waals surface area contributed by atoms with Crippen LogP contribution in [-0.4, -0.2) is 61.3 Å². The van der Waals surface area contributed by atoms with Crippen LogP contribution in [0.5, 0.6) is 0 Å². The number of carbonyl (C=O) groups is 1. The van der Waals surface area contributed by atoms with Crippen LogP contribution in [0.1, 0.15) is 23.0 Å². The SMILES string of the molecule is C[C@@H]1CN(c2cccc(-c3ccc4cnc(CNC(=O)c5cc(F)cc(S(C)(=O)=O)c5)cc4n3)n2)CCO1. The van der Waals surface area contributed by atoms with E-state index in [-0.39, 0.29) is 23.1 Å². The van der Waals surface area contributed by atoms with Gasteiger partial charge < -0.3 is 15.0 Å². The zero-order valence-corrected chi connectivity index (χ0v) is 21.7. The van der Waals surface area contributed by atoms with E-state index in [2.05, 4.69) is 15.2 Å². The predicted octanol–water partition coefficient (Wildman–Crippen LogP) is 3.39. The molecular weight excluding hydrogens is 509 g/mol. The fourth-order valence-corrected chi connectivity index (χ4v) is 4.91. The fourth-order valence-electron chi connectivity index (χ4n) is 4.25. The molecule has 1 N–H and O–H groups in total. The Bertz CT molecular complexity index is 1630. The Morgan fingerprint density at radius 3 is 2.74 bits per heavy atom. The average Bonchev–Trinajstić information content (AvgIpc) is 2.90. The van der Waals surface area contributed by atoms with Crippen LogP contribution < -0.4 is 10.2 Å². The number of morpholine rings is 1. The molecule has 5 rings (SSSR count). The molecule has 9 nitrogen and oxygen atoms in total. The van der Waals surface area contributed by atoms with E-state index in [1.54, 1.807) is 12.3 Å². The van der Waals surface area contributed by atoms with Crippen molar-refractivity contribution in [1.82, 2.24) is 20.3 Å². The summed E-state index contributed by atoms with van der Waals surface area (Å²) in [5.41, 5.74) is 2.57. The van der Waals surface area contributed by atoms with Gasteiger partial charge in [-0.15, -0.1) is 0 Å². The monoisotopic (exact) mass is 535 g/mol. The number of nitrogens with zero attached hydrogens (tertiary/aromatic N) is 4. The van der Waals surface area contributed by atoms with Crippen molar-refractivity contribution in [2.24, 2.45) is 0 Å². The second-order valence-corrected chi connectivity index (χ2v) is 11.2. The number of aromatic nitrogens is 3. The number of halogens is 1. The number of anilines is 1. The third-order valence-electron chi connectivity index (χ3n) is 6.18. The average molecular weight is 536 g/mol. The lowest BCUT2D eigenvalue weighted by atomic mass is 10.1. The number of hydrogen-bond acceptors (Lipinski definition) is 8. The first kappa shape index (κ1) is 25.7. The van der Waals surface area contributed by atoms with E-state index in [0.29, 0.717) is 23.5 Å². The molecule has 38 heavy (non-hydrogen) atoms. The summed E-state index contributed by atoms with van der Waals surface area (Å²) in [6, 6.07) is 14.4. The van der Waals surface area contributed by atoms with Crippen LogP contribution in [0.2, 0.25) is 0 Å². The van der Waals surface area contributed by atoms with Crippen LogP contribution in [0.25, 0.3) is 22.3 Å². The number of rotatable bonds is 6. The molecule has 0 radical (unpaired) electrons. The zero-order chi connectivity index (χ0) is 26.9. The second-order valence-electron chi connectivity index (χ2n) is 9.20. The number of fused-ring (bicyclic) bond motifs is 1. The van der Waals surface area contributed by atoms with Gasteiger partial charge in [0.25, 0.3) is 5.91 Å². The summed E-state index contributed by atoms with van der Waals surface area (Å²) in [6.45, 7) is 4.30. The van der Waals surface area contributed by atoms with Gasteiger partial charge in [-0.3, -0.25) is 9.78 Å². The van der Waals surface area contributed by atoms with Crippen LogP contribution in [0, 0.1) is 5.82 Å². The minimum Gasteiger partial charge on any atom is -0.375 e. The lowest BCUT2D eigenvalue weighted by Crippen LogP contribution is -2.41. The third-order valence-corrected chi connectivity index (χ3v) is 7.28. The summed E-state index contributed by atoms with van der Waals surface area (Å²) in [4.78, 5) is 28.5. The smallest absolute Gasteiger partial charge is 0.251 e. The van der Waals surface area contributed by atoms with Gasteiger partial charge in [0.05, 0.1) is 46.7 Å². The second kappa shape index (κ2) is 10.4. The van der Waals surface area contributed by atoms with Crippen molar-refractivity contribution in [2.75, 3.05) is 30.9 Å². The van der Waals surface area contributed by atoms with Gasteiger partial charge in [0.1, 0.15) is 11.6 Å². The molecule has 4 aromatic rings. The van der Waals surface area contributed by atoms with Gasteiger partial charge in [0.15, 0.2) is 9.84 Å². The van der Waals surface area contributed by atoms with Crippen molar-refractivity contribution in [1.29, 1.82) is 0 Å². The first-order chi connectivity index (χ1) is 18.2. The van der Waals surface area contributed by atoms with Crippen LogP contribution in [0.4, 0.5) is 10.2 Å². The van der Waals surface area contributed by atoms with E-state index >= 15 is 0 Å². The molecule has 0 saturated carbocycles. The number of hydrogen-bond donors (Lipinski definition) is 1. The van der Waals surface area contributed by atoms with Crippen molar-refractivity contribution in [3.05, 3.63) is 77.9 Å². The van der Waals surface area contributed by atoms with E-state index in [1.807, 2.05) is 37.3 Å². The summed E-state index contributed by atoms with van der Waals surface area (Å²) in [5.74, 6) is -0.551. The van der Waals surface area contributed by atoms with Gasteiger partial charge in [0.2, 0.25) is 0 Å². The number of nitrogens with one attached hydrogen (secondary N) is 1. The van der Waals surface area contributed by atoms with Gasteiger partial charge in [0, 0.05) is 36.5 Å². The van der Waals surface area contributed by atoms with Gasteiger partial charge in [-0.25, -0.2) is 22.8 Å². The Balaban J connectivity index is 1.34. The molecule has 0 unspecified atom stereocenters. The Morgan fingerprint density at radius 1 is 1.13 bits per heavy atom. The summed E-state index contributed by atoms with van der Waals surface area (Å²) >= 11 is 0. The first-order valence-corrected chi connectivity index (χ1v) is 13.9. The molecule has 196 valence electrons. The van der Waals surface area contributed by atoms with E-state index in [9.17, 15) is 17.6 Å². The molecule has 0 spiro atoms. The summed E-state index contributed by atoms with van der Waals surface area (Å²) < 4.78 is 43.1. The summed E-state index contributed by atoms with van der Waals surface area (Å²) in [5, 5.41) is 3.48. The van der Waals surface area contributed by atoms with Gasteiger partial charge in [-0.1, -0.05) is 6.07 Å². The Morgan fingerprint density at radius 2 is 1.95 bits per heavy atom. The quantitative estimate of drug-likeness (QED) is 0.400. The molecule has 0 bridgehead atoms. The molecule has 4 heterocycles. The largest absolute Gasteiger partial charge is 0.375 e. The molecule has 1 atom stereocenters. The number of sulfone groups is 1. The van der Waals surface area contributed by atoms with E-state index in [1.165, 1.54) is 0 Å². The molecule has 1 aliphatic heterocycles. The highest BCUT2D eigenvalue weighted by atomic mass is 32.2. The summed E-state index contributed by atoms with van der Waals surface area (Å²) in [6.07, 6.45) is 2.76. The van der Waals surface area contributed by atoms with Gasteiger partial charge in [-0.2, -0.15) is 0 Å². The maximum absolute atomic E-state index is 13.9. The number of ether oxygens (including phenoxy) is 1. The molecule has 1 aliphatic rings. The predicted molar refractivity (Wildman–Crippen MR) is 141 cm³/mol. The molecule has 1 amide bonds. The minimum absolute atomic E-state index is 0.0500. The fraction of sp³-hybridized carbons (Fsp3) is 0.259. The molecule has 1 fully saturated rings. The van der Waals surface area contributed by atoms with E-state index in [0.717, 1.165) is 54.4 Å². The Hall–Kier alpha value is -3.96. The van der Waals surface area contributed by atoms with Crippen molar-refractivity contribution in [2.45, 2.75) is 24.5 Å². The highest BCUT2D eigenvalue weighted by molar-refractivity contribution is 7.90. The summed E-state index contributed by atoms with van der Waals surface area (Å²) in [7, 11) is -3.67. The molecule has 1 aromatic carbocycles.